The lowest BCUT2D eigenvalue weighted by Crippen LogP contribution is -1.66. The summed E-state index contributed by atoms with van der Waals surface area (Å²) in [7, 11) is 0. The maximum absolute atomic E-state index is 8.76. The topological polar surface area (TPSA) is 20.2 Å². The van der Waals surface area contributed by atoms with Gasteiger partial charge < -0.3 is 5.11 Å². The van der Waals surface area contributed by atoms with Crippen molar-refractivity contribution in [1.29, 1.82) is 0 Å². The molecular weight excluding hydrogens is 136 g/mol. The van der Waals surface area contributed by atoms with Gasteiger partial charge in [0, 0.05) is 0 Å². The summed E-state index contributed by atoms with van der Waals surface area (Å²) in [6, 6.07) is 7.09. The van der Waals surface area contributed by atoms with Gasteiger partial charge in [-0.05, 0) is 25.5 Å². The quantitative estimate of drug-likeness (QED) is 0.561. The molecule has 1 aromatic rings. The largest absolute Gasteiger partial charge is 0.508 e. The zero-order valence-electron chi connectivity index (χ0n) is 6.62. The van der Waals surface area contributed by atoms with Gasteiger partial charge in [-0.25, -0.2) is 0 Å². The van der Waals surface area contributed by atoms with Gasteiger partial charge in [0.25, 0.3) is 0 Å². The van der Waals surface area contributed by atoms with Crippen LogP contribution in [-0.2, 0) is 0 Å². The number of hydrogen-bond acceptors (Lipinski definition) is 1. The maximum Gasteiger partial charge on any atom is 0.115 e. The molecule has 0 saturated carbocycles. The van der Waals surface area contributed by atoms with Crippen LogP contribution in [0.2, 0.25) is 0 Å². The predicted molar refractivity (Wildman–Crippen MR) is 46.6 cm³/mol. The summed E-state index contributed by atoms with van der Waals surface area (Å²) in [6.07, 6.45) is 5.50. The molecule has 0 spiro atoms. The van der Waals surface area contributed by atoms with E-state index in [-0.39, 0.29) is 0 Å². The van der Waals surface area contributed by atoms with Crippen LogP contribution in [0.5, 0.6) is 5.75 Å². The maximum atomic E-state index is 8.76. The average molecular weight is 148 g/mol. The number of hydrogen-bond donors (Lipinski definition) is 1. The summed E-state index contributed by atoms with van der Waals surface area (Å²) in [6.45, 7) is 1.99. The van der Waals surface area contributed by atoms with Crippen LogP contribution >= 0.6 is 0 Å². The molecule has 1 aliphatic carbocycles. The summed E-state index contributed by atoms with van der Waals surface area (Å²) < 4.78 is 0. The summed E-state index contributed by atoms with van der Waals surface area (Å²) in [5, 5.41) is 8.76. The highest BCUT2D eigenvalue weighted by molar-refractivity contribution is 5.24. The lowest BCUT2D eigenvalue weighted by atomic mass is 10.2. The third kappa shape index (κ3) is 4.20. The zero-order chi connectivity index (χ0) is 8.10. The third-order valence-corrected chi connectivity index (χ3v) is 1.27. The number of phenols is 1. The smallest absolute Gasteiger partial charge is 0.115 e. The van der Waals surface area contributed by atoms with E-state index in [9.17, 15) is 0 Å². The van der Waals surface area contributed by atoms with E-state index in [0.717, 1.165) is 0 Å². The van der Waals surface area contributed by atoms with Crippen LogP contribution in [-0.4, -0.2) is 5.11 Å². The number of rotatable bonds is 0. The number of aromatic hydroxyl groups is 1. The van der Waals surface area contributed by atoms with Gasteiger partial charge in [0.1, 0.15) is 5.75 Å². The molecule has 1 heteroatoms. The summed E-state index contributed by atoms with van der Waals surface area (Å²) >= 11 is 0. The number of allylic oxidation sites excluding steroid dienone is 2. The molecule has 0 amide bonds. The first-order valence-electron chi connectivity index (χ1n) is 3.69. The van der Waals surface area contributed by atoms with Crippen molar-refractivity contribution in [2.75, 3.05) is 0 Å². The van der Waals surface area contributed by atoms with Gasteiger partial charge in [0.05, 0.1) is 0 Å². The molecule has 58 valence electrons. The Morgan fingerprint density at radius 2 is 1.55 bits per heavy atom. The van der Waals surface area contributed by atoms with Crippen LogP contribution < -0.4 is 0 Å². The fourth-order valence-electron chi connectivity index (χ4n) is 0.545. The molecule has 0 atom stereocenters. The fraction of sp³-hybridized carbons (Fsp3) is 0.200. The predicted octanol–water partition coefficient (Wildman–Crippen LogP) is 2.65. The Labute approximate surface area is 67.0 Å². The zero-order valence-corrected chi connectivity index (χ0v) is 6.62. The first kappa shape index (κ1) is 7.86. The number of benzene rings is 1. The van der Waals surface area contributed by atoms with E-state index in [2.05, 4.69) is 12.2 Å². The molecule has 0 aromatic heterocycles. The first-order chi connectivity index (χ1) is 5.29. The molecular formula is C10H12O. The number of aryl methyl sites for hydroxylation is 1. The van der Waals surface area contributed by atoms with E-state index >= 15 is 0 Å². The molecule has 11 heavy (non-hydrogen) atoms. The molecule has 1 aliphatic rings. The normalized spacial score (nSPS) is 11.7. The molecule has 0 fully saturated rings. The van der Waals surface area contributed by atoms with E-state index in [0.29, 0.717) is 5.75 Å². The average Bonchev–Trinajstić information content (AvgIpc) is 2.80. The van der Waals surface area contributed by atoms with Gasteiger partial charge >= 0.3 is 0 Å². The van der Waals surface area contributed by atoms with E-state index in [1.165, 1.54) is 12.0 Å². The fourth-order valence-corrected chi connectivity index (χ4v) is 0.545. The standard InChI is InChI=1S/C7H8O.C3H4/c1-6-2-4-7(8)5-3-6;1-2-3-1/h2-5,8H,1H3;1-2H,3H2. The van der Waals surface area contributed by atoms with Gasteiger partial charge in [-0.1, -0.05) is 29.8 Å². The molecule has 0 heterocycles. The molecule has 1 aromatic carbocycles. The van der Waals surface area contributed by atoms with Gasteiger partial charge in [-0.3, -0.25) is 0 Å². The Morgan fingerprint density at radius 3 is 1.82 bits per heavy atom. The van der Waals surface area contributed by atoms with Crippen molar-refractivity contribution >= 4 is 0 Å². The lowest BCUT2D eigenvalue weighted by molar-refractivity contribution is 0.475. The third-order valence-electron chi connectivity index (χ3n) is 1.27. The minimum Gasteiger partial charge on any atom is -0.508 e. The van der Waals surface area contributed by atoms with Gasteiger partial charge in [-0.15, -0.1) is 0 Å². The van der Waals surface area contributed by atoms with Gasteiger partial charge in [-0.2, -0.15) is 0 Å². The Bertz CT molecular complexity index is 209. The highest BCUT2D eigenvalue weighted by Crippen LogP contribution is 2.07. The monoisotopic (exact) mass is 148 g/mol. The van der Waals surface area contributed by atoms with Crippen molar-refractivity contribution in [3.05, 3.63) is 42.0 Å². The van der Waals surface area contributed by atoms with Crippen molar-refractivity contribution in [2.45, 2.75) is 13.3 Å². The second kappa shape index (κ2) is 3.81. The SMILES string of the molecule is C1=CC1.Cc1ccc(O)cc1. The molecule has 1 nitrogen and oxygen atoms in total. The van der Waals surface area contributed by atoms with Crippen LogP contribution in [0.4, 0.5) is 0 Å². The Balaban J connectivity index is 0.000000167. The second-order valence-corrected chi connectivity index (χ2v) is 2.54. The first-order valence-corrected chi connectivity index (χ1v) is 3.69. The van der Waals surface area contributed by atoms with Crippen molar-refractivity contribution in [3.8, 4) is 5.75 Å². The Morgan fingerprint density at radius 1 is 1.09 bits per heavy atom. The minimum absolute atomic E-state index is 0.329. The van der Waals surface area contributed by atoms with Crippen molar-refractivity contribution in [3.63, 3.8) is 0 Å². The Hall–Kier alpha value is -1.24. The minimum atomic E-state index is 0.329. The van der Waals surface area contributed by atoms with Crippen LogP contribution in [0.3, 0.4) is 0 Å². The van der Waals surface area contributed by atoms with E-state index in [1.54, 1.807) is 12.1 Å². The van der Waals surface area contributed by atoms with E-state index in [4.69, 9.17) is 5.11 Å². The van der Waals surface area contributed by atoms with Crippen molar-refractivity contribution in [2.24, 2.45) is 0 Å². The highest BCUT2D eigenvalue weighted by Gasteiger charge is 1.82. The van der Waals surface area contributed by atoms with E-state index in [1.807, 2.05) is 19.1 Å². The van der Waals surface area contributed by atoms with Gasteiger partial charge in [0.2, 0.25) is 0 Å². The molecule has 1 N–H and O–H groups in total. The summed E-state index contributed by atoms with van der Waals surface area (Å²) in [5.41, 5.74) is 1.17. The van der Waals surface area contributed by atoms with Crippen molar-refractivity contribution in [1.82, 2.24) is 0 Å². The Kier molecular flexibility index (Phi) is 2.73. The van der Waals surface area contributed by atoms with Crippen LogP contribution in [0.1, 0.15) is 12.0 Å². The van der Waals surface area contributed by atoms with Crippen LogP contribution in [0.25, 0.3) is 0 Å². The van der Waals surface area contributed by atoms with Gasteiger partial charge in [0.15, 0.2) is 0 Å². The molecule has 0 aliphatic heterocycles. The molecule has 0 bridgehead atoms. The summed E-state index contributed by atoms with van der Waals surface area (Å²) in [4.78, 5) is 0. The van der Waals surface area contributed by atoms with Crippen LogP contribution in [0.15, 0.2) is 36.4 Å². The number of phenolic OH excluding ortho intramolecular Hbond substituents is 1. The molecule has 2 rings (SSSR count). The summed E-state index contributed by atoms with van der Waals surface area (Å²) in [5.74, 6) is 0.329. The molecule has 0 saturated heterocycles. The van der Waals surface area contributed by atoms with E-state index < -0.39 is 0 Å². The van der Waals surface area contributed by atoms with Crippen LogP contribution in [0, 0.1) is 6.92 Å². The lowest BCUT2D eigenvalue weighted by Gasteiger charge is -1.89. The molecule has 0 unspecified atom stereocenters. The highest BCUT2D eigenvalue weighted by atomic mass is 16.3. The van der Waals surface area contributed by atoms with Crippen molar-refractivity contribution < 1.29 is 5.11 Å². The second-order valence-electron chi connectivity index (χ2n) is 2.54. The molecule has 0 radical (unpaired) electrons.